The number of hydrogen-bond acceptors (Lipinski definition) is 2. The van der Waals surface area contributed by atoms with E-state index < -0.39 is 40.8 Å². The number of nitrogens with one attached hydrogen (secondary N) is 1. The maximum Gasteiger partial charge on any atom is 0.308 e. The quantitative estimate of drug-likeness (QED) is 0.807. The van der Waals surface area contributed by atoms with E-state index >= 15 is 0 Å². The van der Waals surface area contributed by atoms with Gasteiger partial charge in [0.15, 0.2) is 17.5 Å². The molecule has 2 N–H and O–H groups in total. The van der Waals surface area contributed by atoms with Crippen LogP contribution in [0.4, 0.5) is 13.2 Å². The topological polar surface area (TPSA) is 66.4 Å². The molecule has 4 nitrogen and oxygen atoms in total. The summed E-state index contributed by atoms with van der Waals surface area (Å²) in [5.41, 5.74) is -0.406. The van der Waals surface area contributed by atoms with E-state index in [2.05, 4.69) is 5.32 Å². The van der Waals surface area contributed by atoms with E-state index in [1.807, 2.05) is 0 Å². The second-order valence-corrected chi connectivity index (χ2v) is 3.91. The molecule has 1 rings (SSSR count). The highest BCUT2D eigenvalue weighted by Crippen LogP contribution is 2.13. The van der Waals surface area contributed by atoms with Crippen LogP contribution in [-0.4, -0.2) is 23.5 Å². The number of halogens is 3. The zero-order valence-corrected chi connectivity index (χ0v) is 10.0. The molecule has 0 saturated heterocycles. The molecule has 19 heavy (non-hydrogen) atoms. The van der Waals surface area contributed by atoms with E-state index in [0.717, 1.165) is 0 Å². The number of carbonyl (C=O) groups excluding carboxylic acids is 1. The van der Waals surface area contributed by atoms with E-state index in [-0.39, 0.29) is 6.54 Å². The molecule has 1 unspecified atom stereocenters. The molecule has 1 atom stereocenters. The Balaban J connectivity index is 2.76. The minimum Gasteiger partial charge on any atom is -0.481 e. The molecule has 104 valence electrons. The van der Waals surface area contributed by atoms with Crippen LogP contribution in [0.5, 0.6) is 0 Å². The van der Waals surface area contributed by atoms with Gasteiger partial charge in [0.05, 0.1) is 5.92 Å². The molecule has 0 bridgehead atoms. The molecule has 0 radical (unpaired) electrons. The summed E-state index contributed by atoms with van der Waals surface area (Å²) in [4.78, 5) is 22.3. The van der Waals surface area contributed by atoms with Gasteiger partial charge in [-0.05, 0) is 18.6 Å². The molecular formula is C12H12F3NO3. The third-order valence-electron chi connectivity index (χ3n) is 2.60. The number of rotatable bonds is 5. The van der Waals surface area contributed by atoms with Crippen molar-refractivity contribution < 1.29 is 27.9 Å². The van der Waals surface area contributed by atoms with Gasteiger partial charge in [0.2, 0.25) is 0 Å². The standard InChI is InChI=1S/C12H12F3NO3/c1-2-6(12(18)19)5-16-11(17)7-3-8(13)10(15)9(14)4-7/h3-4,6H,2,5H2,1H3,(H,16,17)(H,18,19). The summed E-state index contributed by atoms with van der Waals surface area (Å²) in [5, 5.41) is 11.0. The van der Waals surface area contributed by atoms with Crippen molar-refractivity contribution in [1.29, 1.82) is 0 Å². The lowest BCUT2D eigenvalue weighted by Crippen LogP contribution is -2.32. The summed E-state index contributed by atoms with van der Waals surface area (Å²) < 4.78 is 38.5. The Morgan fingerprint density at radius 2 is 1.79 bits per heavy atom. The highest BCUT2D eigenvalue weighted by molar-refractivity contribution is 5.94. The third kappa shape index (κ3) is 3.70. The summed E-state index contributed by atoms with van der Waals surface area (Å²) in [6.07, 6.45) is 0.293. The van der Waals surface area contributed by atoms with Crippen LogP contribution < -0.4 is 5.32 Å². The van der Waals surface area contributed by atoms with Crippen LogP contribution in [0.2, 0.25) is 0 Å². The van der Waals surface area contributed by atoms with E-state index in [1.54, 1.807) is 6.92 Å². The van der Waals surface area contributed by atoms with Crippen LogP contribution in [0, 0.1) is 23.4 Å². The Morgan fingerprint density at radius 3 is 2.21 bits per heavy atom. The summed E-state index contributed by atoms with van der Waals surface area (Å²) in [5.74, 6) is -7.35. The van der Waals surface area contributed by atoms with Gasteiger partial charge in [-0.1, -0.05) is 6.92 Å². The van der Waals surface area contributed by atoms with Crippen LogP contribution in [-0.2, 0) is 4.79 Å². The molecule has 1 aromatic carbocycles. The van der Waals surface area contributed by atoms with Gasteiger partial charge in [0.1, 0.15) is 0 Å². The van der Waals surface area contributed by atoms with Crippen molar-refractivity contribution in [1.82, 2.24) is 5.32 Å². The average Bonchev–Trinajstić information content (AvgIpc) is 2.35. The fourth-order valence-electron chi connectivity index (χ4n) is 1.41. The van der Waals surface area contributed by atoms with Crippen molar-refractivity contribution in [3.05, 3.63) is 35.1 Å². The van der Waals surface area contributed by atoms with Crippen LogP contribution in [0.15, 0.2) is 12.1 Å². The van der Waals surface area contributed by atoms with Crippen molar-refractivity contribution in [3.63, 3.8) is 0 Å². The second-order valence-electron chi connectivity index (χ2n) is 3.91. The van der Waals surface area contributed by atoms with E-state index in [9.17, 15) is 22.8 Å². The summed E-state index contributed by atoms with van der Waals surface area (Å²) >= 11 is 0. The van der Waals surface area contributed by atoms with Crippen LogP contribution >= 0.6 is 0 Å². The number of carbonyl (C=O) groups is 2. The first-order valence-electron chi connectivity index (χ1n) is 5.52. The molecule has 0 heterocycles. The normalized spacial score (nSPS) is 12.0. The maximum absolute atomic E-state index is 12.9. The molecule has 1 aromatic rings. The Kier molecular flexibility index (Phi) is 4.91. The molecule has 0 aliphatic heterocycles. The van der Waals surface area contributed by atoms with Crippen molar-refractivity contribution in [2.24, 2.45) is 5.92 Å². The Bertz CT molecular complexity index is 482. The molecule has 1 amide bonds. The lowest BCUT2D eigenvalue weighted by Gasteiger charge is -2.11. The number of aliphatic carboxylic acids is 1. The minimum absolute atomic E-state index is 0.175. The first-order valence-corrected chi connectivity index (χ1v) is 5.52. The fraction of sp³-hybridized carbons (Fsp3) is 0.333. The van der Waals surface area contributed by atoms with Gasteiger partial charge in [-0.3, -0.25) is 9.59 Å². The molecule has 0 spiro atoms. The van der Waals surface area contributed by atoms with Gasteiger partial charge in [0.25, 0.3) is 5.91 Å². The van der Waals surface area contributed by atoms with Gasteiger partial charge in [-0.15, -0.1) is 0 Å². The van der Waals surface area contributed by atoms with E-state index in [0.29, 0.717) is 18.6 Å². The fourth-order valence-corrected chi connectivity index (χ4v) is 1.41. The van der Waals surface area contributed by atoms with Crippen molar-refractivity contribution in [3.8, 4) is 0 Å². The van der Waals surface area contributed by atoms with Crippen LogP contribution in [0.1, 0.15) is 23.7 Å². The molecule has 0 aliphatic carbocycles. The smallest absolute Gasteiger partial charge is 0.308 e. The number of amides is 1. The van der Waals surface area contributed by atoms with Gasteiger partial charge in [0, 0.05) is 12.1 Å². The number of hydrogen-bond donors (Lipinski definition) is 2. The second kappa shape index (κ2) is 6.21. The van der Waals surface area contributed by atoms with Crippen LogP contribution in [0.3, 0.4) is 0 Å². The maximum atomic E-state index is 12.9. The minimum atomic E-state index is -1.66. The zero-order valence-electron chi connectivity index (χ0n) is 10.0. The molecular weight excluding hydrogens is 263 g/mol. The lowest BCUT2D eigenvalue weighted by molar-refractivity contribution is -0.141. The molecule has 7 heteroatoms. The van der Waals surface area contributed by atoms with Crippen molar-refractivity contribution in [2.75, 3.05) is 6.54 Å². The molecule has 0 saturated carbocycles. The Morgan fingerprint density at radius 1 is 1.26 bits per heavy atom. The lowest BCUT2D eigenvalue weighted by atomic mass is 10.1. The summed E-state index contributed by atoms with van der Waals surface area (Å²) in [7, 11) is 0. The van der Waals surface area contributed by atoms with Gasteiger partial charge in [-0.2, -0.15) is 0 Å². The molecule has 0 aliphatic rings. The zero-order chi connectivity index (χ0) is 14.6. The predicted octanol–water partition coefficient (Wildman–Crippen LogP) is 1.94. The monoisotopic (exact) mass is 275 g/mol. The SMILES string of the molecule is CCC(CNC(=O)c1cc(F)c(F)c(F)c1)C(=O)O. The summed E-state index contributed by atoms with van der Waals surface area (Å²) in [6.45, 7) is 1.45. The van der Waals surface area contributed by atoms with Gasteiger partial charge < -0.3 is 10.4 Å². The third-order valence-corrected chi connectivity index (χ3v) is 2.60. The highest BCUT2D eigenvalue weighted by Gasteiger charge is 2.18. The van der Waals surface area contributed by atoms with Gasteiger partial charge in [-0.25, -0.2) is 13.2 Å². The van der Waals surface area contributed by atoms with E-state index in [4.69, 9.17) is 5.11 Å². The highest BCUT2D eigenvalue weighted by atomic mass is 19.2. The first-order chi connectivity index (χ1) is 8.86. The predicted molar refractivity (Wildman–Crippen MR) is 60.1 cm³/mol. The van der Waals surface area contributed by atoms with E-state index in [1.165, 1.54) is 0 Å². The number of carboxylic acid groups (broad SMARTS) is 1. The van der Waals surface area contributed by atoms with Crippen molar-refractivity contribution in [2.45, 2.75) is 13.3 Å². The molecule has 0 fully saturated rings. The van der Waals surface area contributed by atoms with Crippen LogP contribution in [0.25, 0.3) is 0 Å². The largest absolute Gasteiger partial charge is 0.481 e. The Hall–Kier alpha value is -2.05. The first kappa shape index (κ1) is 15.0. The number of carboxylic acids is 1. The van der Waals surface area contributed by atoms with Gasteiger partial charge >= 0.3 is 5.97 Å². The summed E-state index contributed by atoms with van der Waals surface area (Å²) in [6, 6.07) is 1.10. The Labute approximate surface area is 107 Å². The molecule has 0 aromatic heterocycles. The van der Waals surface area contributed by atoms with Crippen molar-refractivity contribution >= 4 is 11.9 Å². The number of benzene rings is 1. The average molecular weight is 275 g/mol.